The predicted octanol–water partition coefficient (Wildman–Crippen LogP) is 5.45. The van der Waals surface area contributed by atoms with Crippen LogP contribution in [0.25, 0.3) is 10.8 Å². The van der Waals surface area contributed by atoms with Crippen molar-refractivity contribution < 1.29 is 14.3 Å². The molecule has 156 valence electrons. The molecule has 5 nitrogen and oxygen atoms in total. The maximum atomic E-state index is 13.5. The summed E-state index contributed by atoms with van der Waals surface area (Å²) >= 11 is 1.41. The summed E-state index contributed by atoms with van der Waals surface area (Å²) in [5.41, 5.74) is 1.01. The highest BCUT2D eigenvalue weighted by molar-refractivity contribution is 7.09. The monoisotopic (exact) mass is 422 g/mol. The fourth-order valence-corrected chi connectivity index (χ4v) is 4.84. The summed E-state index contributed by atoms with van der Waals surface area (Å²) in [5.74, 6) is -0.384. The molecule has 0 radical (unpaired) electrons. The highest BCUT2D eigenvalue weighted by atomic mass is 32.1. The van der Waals surface area contributed by atoms with Crippen LogP contribution in [0.2, 0.25) is 0 Å². The van der Waals surface area contributed by atoms with E-state index in [9.17, 15) is 9.59 Å². The van der Waals surface area contributed by atoms with E-state index in [1.54, 1.807) is 12.3 Å². The van der Waals surface area contributed by atoms with Crippen LogP contribution in [0.4, 0.5) is 0 Å². The Morgan fingerprint density at radius 2 is 1.87 bits per heavy atom. The molecule has 1 aliphatic rings. The number of amides is 1. The van der Waals surface area contributed by atoms with Crippen LogP contribution in [-0.4, -0.2) is 34.4 Å². The van der Waals surface area contributed by atoms with Crippen LogP contribution in [-0.2, 0) is 11.3 Å². The Balaban J connectivity index is 1.60. The van der Waals surface area contributed by atoms with E-state index >= 15 is 0 Å². The van der Waals surface area contributed by atoms with Gasteiger partial charge in [0.05, 0.1) is 13.2 Å². The maximum Gasteiger partial charge on any atom is 0.357 e. The number of hydrogen-bond acceptors (Lipinski definition) is 5. The Kier molecular flexibility index (Phi) is 6.43. The Morgan fingerprint density at radius 1 is 1.10 bits per heavy atom. The summed E-state index contributed by atoms with van der Waals surface area (Å²) in [5, 5.41) is 4.66. The molecular formula is C24H26N2O3S. The number of fused-ring (bicyclic) bond motifs is 1. The van der Waals surface area contributed by atoms with Gasteiger partial charge in [0.2, 0.25) is 0 Å². The first kappa shape index (κ1) is 20.5. The molecule has 3 aromatic rings. The second kappa shape index (κ2) is 9.39. The third kappa shape index (κ3) is 4.54. The van der Waals surface area contributed by atoms with Gasteiger partial charge < -0.3 is 9.64 Å². The number of aromatic nitrogens is 1. The van der Waals surface area contributed by atoms with Crippen molar-refractivity contribution in [1.29, 1.82) is 0 Å². The van der Waals surface area contributed by atoms with Crippen LogP contribution in [0.15, 0.2) is 47.8 Å². The Bertz CT molecular complexity index is 1040. The van der Waals surface area contributed by atoms with E-state index in [4.69, 9.17) is 4.74 Å². The van der Waals surface area contributed by atoms with E-state index in [2.05, 4.69) is 11.1 Å². The summed E-state index contributed by atoms with van der Waals surface area (Å²) in [6, 6.07) is 14.2. The smallest absolute Gasteiger partial charge is 0.357 e. The van der Waals surface area contributed by atoms with Crippen LogP contribution < -0.4 is 0 Å². The van der Waals surface area contributed by atoms with Crippen molar-refractivity contribution >= 4 is 34.0 Å². The number of ether oxygens (including phenoxy) is 1. The quantitative estimate of drug-likeness (QED) is 0.496. The molecule has 2 aromatic carbocycles. The van der Waals surface area contributed by atoms with Crippen LogP contribution in [0.3, 0.4) is 0 Å². The number of hydrogen-bond donors (Lipinski definition) is 0. The first-order chi connectivity index (χ1) is 14.7. The minimum absolute atomic E-state index is 0.0283. The van der Waals surface area contributed by atoms with Crippen LogP contribution >= 0.6 is 11.3 Å². The van der Waals surface area contributed by atoms with E-state index in [0.717, 1.165) is 41.5 Å². The first-order valence-corrected chi connectivity index (χ1v) is 11.4. The van der Waals surface area contributed by atoms with Crippen molar-refractivity contribution in [2.24, 2.45) is 0 Å². The first-order valence-electron chi connectivity index (χ1n) is 10.6. The van der Waals surface area contributed by atoms with Crippen molar-refractivity contribution in [1.82, 2.24) is 9.88 Å². The molecule has 1 saturated carbocycles. The second-order valence-corrected chi connectivity index (χ2v) is 8.58. The van der Waals surface area contributed by atoms with E-state index in [0.29, 0.717) is 24.4 Å². The lowest BCUT2D eigenvalue weighted by Crippen LogP contribution is -2.41. The zero-order chi connectivity index (χ0) is 20.9. The van der Waals surface area contributed by atoms with Gasteiger partial charge in [-0.3, -0.25) is 4.79 Å². The van der Waals surface area contributed by atoms with Gasteiger partial charge in [0.25, 0.3) is 5.91 Å². The molecule has 1 amide bonds. The molecular weight excluding hydrogens is 396 g/mol. The van der Waals surface area contributed by atoms with Crippen molar-refractivity contribution in [3.8, 4) is 0 Å². The molecule has 0 N–H and O–H groups in total. The highest BCUT2D eigenvalue weighted by Gasteiger charge is 2.28. The van der Waals surface area contributed by atoms with Gasteiger partial charge in [0.15, 0.2) is 5.69 Å². The Labute approximate surface area is 180 Å². The fourth-order valence-electron chi connectivity index (χ4n) is 4.08. The standard InChI is InChI=1S/C24H26N2O3S/c1-2-29-24(28)21-16-30-22(25-21)15-26(20-10-4-3-5-11-20)23(27)19-13-12-17-8-6-7-9-18(17)14-19/h6-9,12-14,16,20H,2-5,10-11,15H2,1H3. The lowest BCUT2D eigenvalue weighted by Gasteiger charge is -2.34. The Hall–Kier alpha value is -2.73. The molecule has 30 heavy (non-hydrogen) atoms. The van der Waals surface area contributed by atoms with Crippen LogP contribution in [0.5, 0.6) is 0 Å². The van der Waals surface area contributed by atoms with Gasteiger partial charge in [-0.1, -0.05) is 49.6 Å². The summed E-state index contributed by atoms with van der Waals surface area (Å²) in [7, 11) is 0. The molecule has 0 atom stereocenters. The zero-order valence-electron chi connectivity index (χ0n) is 17.2. The molecule has 1 aromatic heterocycles. The van der Waals surface area contributed by atoms with Gasteiger partial charge in [-0.2, -0.15) is 0 Å². The predicted molar refractivity (Wildman–Crippen MR) is 119 cm³/mol. The number of nitrogens with zero attached hydrogens (tertiary/aromatic N) is 2. The number of thiazole rings is 1. The van der Waals surface area contributed by atoms with Crippen LogP contribution in [0.1, 0.15) is 64.9 Å². The number of carbonyl (C=O) groups is 2. The van der Waals surface area contributed by atoms with Gasteiger partial charge in [-0.25, -0.2) is 9.78 Å². The maximum absolute atomic E-state index is 13.5. The number of esters is 1. The van der Waals surface area contributed by atoms with Crippen molar-refractivity contribution in [2.75, 3.05) is 6.61 Å². The van der Waals surface area contributed by atoms with Gasteiger partial charge in [-0.15, -0.1) is 11.3 Å². The van der Waals surface area contributed by atoms with Gasteiger partial charge in [0.1, 0.15) is 5.01 Å². The molecule has 0 spiro atoms. The molecule has 0 saturated heterocycles. The molecule has 0 unspecified atom stereocenters. The third-order valence-electron chi connectivity index (χ3n) is 5.61. The minimum Gasteiger partial charge on any atom is -0.461 e. The summed E-state index contributed by atoms with van der Waals surface area (Å²) < 4.78 is 5.04. The van der Waals surface area contributed by atoms with E-state index in [1.807, 2.05) is 41.3 Å². The second-order valence-electron chi connectivity index (χ2n) is 7.63. The molecule has 0 aliphatic heterocycles. The number of benzene rings is 2. The minimum atomic E-state index is -0.412. The van der Waals surface area contributed by atoms with E-state index in [1.165, 1.54) is 17.8 Å². The topological polar surface area (TPSA) is 59.5 Å². The van der Waals surface area contributed by atoms with Crippen LogP contribution in [0, 0.1) is 0 Å². The van der Waals surface area contributed by atoms with Crippen molar-refractivity contribution in [3.63, 3.8) is 0 Å². The van der Waals surface area contributed by atoms with Gasteiger partial charge >= 0.3 is 5.97 Å². The van der Waals surface area contributed by atoms with Crippen molar-refractivity contribution in [2.45, 2.75) is 51.6 Å². The zero-order valence-corrected chi connectivity index (χ0v) is 18.0. The summed E-state index contributed by atoms with van der Waals surface area (Å²) in [6.07, 6.45) is 5.51. The molecule has 1 fully saturated rings. The molecule has 1 heterocycles. The summed E-state index contributed by atoms with van der Waals surface area (Å²) in [6.45, 7) is 2.51. The van der Waals surface area contributed by atoms with Gasteiger partial charge in [-0.05, 0) is 42.7 Å². The molecule has 0 bridgehead atoms. The number of rotatable bonds is 6. The third-order valence-corrected chi connectivity index (χ3v) is 6.45. The fraction of sp³-hybridized carbons (Fsp3) is 0.375. The van der Waals surface area contributed by atoms with E-state index < -0.39 is 5.97 Å². The lowest BCUT2D eigenvalue weighted by molar-refractivity contribution is 0.0520. The van der Waals surface area contributed by atoms with Gasteiger partial charge in [0, 0.05) is 17.0 Å². The normalized spacial score (nSPS) is 14.6. The average molecular weight is 423 g/mol. The number of carbonyl (C=O) groups excluding carboxylic acids is 2. The molecule has 6 heteroatoms. The lowest BCUT2D eigenvalue weighted by atomic mass is 9.93. The molecule has 1 aliphatic carbocycles. The average Bonchev–Trinajstić information content (AvgIpc) is 3.26. The SMILES string of the molecule is CCOC(=O)c1csc(CN(C(=O)c2ccc3ccccc3c2)C2CCCCC2)n1. The largest absolute Gasteiger partial charge is 0.461 e. The van der Waals surface area contributed by atoms with E-state index in [-0.39, 0.29) is 11.9 Å². The molecule has 4 rings (SSSR count). The Morgan fingerprint density at radius 3 is 2.63 bits per heavy atom. The van der Waals surface area contributed by atoms with Crippen molar-refractivity contribution in [3.05, 3.63) is 64.1 Å². The summed E-state index contributed by atoms with van der Waals surface area (Å²) in [4.78, 5) is 31.9. The highest BCUT2D eigenvalue weighted by Crippen LogP contribution is 2.27.